The Morgan fingerprint density at radius 1 is 0.243 bits per heavy atom. The Hall–Kier alpha value is -5.61. The number of rotatable bonds is 83. The van der Waals surface area contributed by atoms with Gasteiger partial charge in [0.2, 0.25) is 0 Å². The number of unbranched alkanes of at least 4 members (excludes halogenated alkanes) is 28. The molecular weight excluding hydrogens is 1480 g/mol. The number of carbonyl (C=O) groups excluding carboxylic acids is 3. The van der Waals surface area contributed by atoms with Crippen LogP contribution in [-0.2, 0) is 55.8 Å². The first-order chi connectivity index (χ1) is 56.2. The van der Waals surface area contributed by atoms with Crippen LogP contribution in [0.1, 0.15) is 342 Å². The summed E-state index contributed by atoms with van der Waals surface area (Å²) in [5.74, 6) is -1.61. The van der Waals surface area contributed by atoms with Gasteiger partial charge in [-0.3, -0.25) is 32.5 Å². The molecule has 0 radical (unpaired) electrons. The van der Waals surface area contributed by atoms with E-state index in [2.05, 4.69) is 215 Å². The minimum Gasteiger partial charge on any atom is -0.463 e. The molecular formula is C97H160O16P2. The van der Waals surface area contributed by atoms with Crippen molar-refractivity contribution in [3.05, 3.63) is 194 Å². The van der Waals surface area contributed by atoms with Gasteiger partial charge in [-0.25, -0.2) is 9.13 Å². The molecule has 0 bridgehead atoms. The van der Waals surface area contributed by atoms with E-state index in [0.717, 1.165) is 193 Å². The molecule has 0 heterocycles. The molecule has 0 aromatic carbocycles. The Bertz CT molecular complexity index is 2870. The lowest BCUT2D eigenvalue weighted by molar-refractivity contribution is -0.161. The lowest BCUT2D eigenvalue weighted by atomic mass is 10.0. The van der Waals surface area contributed by atoms with E-state index >= 15 is 0 Å². The maximum absolute atomic E-state index is 13.0. The third-order valence-corrected chi connectivity index (χ3v) is 20.2. The Morgan fingerprint density at radius 3 is 0.687 bits per heavy atom. The maximum Gasteiger partial charge on any atom is 0.472 e. The van der Waals surface area contributed by atoms with Gasteiger partial charge in [0.25, 0.3) is 0 Å². The van der Waals surface area contributed by atoms with Gasteiger partial charge in [0.15, 0.2) is 6.10 Å². The van der Waals surface area contributed by atoms with Gasteiger partial charge in [-0.05, 0) is 161 Å². The number of hydrogen-bond donors (Lipinski definition) is 4. The second kappa shape index (κ2) is 87.7. The van der Waals surface area contributed by atoms with Gasteiger partial charge >= 0.3 is 33.6 Å². The summed E-state index contributed by atoms with van der Waals surface area (Å²) >= 11 is 0. The molecule has 0 saturated carbocycles. The van der Waals surface area contributed by atoms with E-state index in [-0.39, 0.29) is 19.3 Å². The number of aliphatic hydroxyl groups excluding tert-OH is 2. The molecule has 0 aliphatic rings. The van der Waals surface area contributed by atoms with E-state index < -0.39 is 91.5 Å². The first-order valence-corrected chi connectivity index (χ1v) is 47.7. The number of esters is 3. The fourth-order valence-corrected chi connectivity index (χ4v) is 13.2. The molecule has 0 aromatic heterocycles. The molecule has 0 aliphatic carbocycles. The fourth-order valence-electron chi connectivity index (χ4n) is 11.6. The van der Waals surface area contributed by atoms with Gasteiger partial charge in [0.05, 0.1) is 26.4 Å². The van der Waals surface area contributed by atoms with Crippen LogP contribution in [0.4, 0.5) is 0 Å². The molecule has 0 saturated heterocycles. The van der Waals surface area contributed by atoms with Gasteiger partial charge in [-0.1, -0.05) is 356 Å². The molecule has 16 nitrogen and oxygen atoms in total. The number of phosphoric ester groups is 2. The van der Waals surface area contributed by atoms with Crippen molar-refractivity contribution < 1.29 is 75.8 Å². The predicted molar refractivity (Wildman–Crippen MR) is 481 cm³/mol. The van der Waals surface area contributed by atoms with Crippen molar-refractivity contribution in [3.63, 3.8) is 0 Å². The third kappa shape index (κ3) is 89.0. The van der Waals surface area contributed by atoms with Crippen LogP contribution >= 0.6 is 15.6 Å². The summed E-state index contributed by atoms with van der Waals surface area (Å²) in [7, 11) is -9.82. The molecule has 4 N–H and O–H groups in total. The summed E-state index contributed by atoms with van der Waals surface area (Å²) in [6, 6.07) is 0. The Kier molecular flexibility index (Phi) is 83.4. The van der Waals surface area contributed by atoms with Crippen molar-refractivity contribution >= 4 is 33.6 Å². The standard InChI is InChI=1S/C97H160O16P2/c1-4-7-10-13-16-19-22-25-28-31-33-35-37-39-41-42-43-44-45-46-47-48-50-52-53-55-57-60-62-65-68-71-74-77-80-83-95(100)107-86-92(98)87-109-114(103,104)110-88-93(99)89-111-115(105,106)112-91-94(113-97(102)85-82-79-76-73-70-67-64-59-30-27-24-21-18-15-12-9-6-3)90-108-96(101)84-81-78-75-72-69-66-63-61-58-56-54-51-49-40-38-36-34-32-29-26-23-20-17-14-11-8-5-2/h7-12,16-21,25-30,33-36,39-41,43-44,49,54,56,64,67,92-94,98-99H,4-6,13-15,22-24,31-32,37-38,42,45-48,50-53,55,57-63,65-66,68-91H2,1-3H3,(H,103,104)(H,105,106)/b10-7-,11-8-,12-9-,19-16-,20-17-,21-18-,28-25-,29-26-,30-27-,35-33-,36-34-,41-39-,44-43-,49-40-,56-54-,67-64-. The highest BCUT2D eigenvalue weighted by Gasteiger charge is 2.29. The van der Waals surface area contributed by atoms with Crippen LogP contribution in [0.2, 0.25) is 0 Å². The van der Waals surface area contributed by atoms with Gasteiger partial charge in [0.1, 0.15) is 25.4 Å². The average Bonchev–Trinajstić information content (AvgIpc) is 0.926. The smallest absolute Gasteiger partial charge is 0.463 e. The van der Waals surface area contributed by atoms with Crippen LogP contribution in [0.25, 0.3) is 0 Å². The molecule has 5 unspecified atom stereocenters. The number of hydrogen-bond acceptors (Lipinski definition) is 14. The topological polar surface area (TPSA) is 231 Å². The van der Waals surface area contributed by atoms with E-state index in [9.17, 15) is 43.5 Å². The number of phosphoric acid groups is 2. The fraction of sp³-hybridized carbons (Fsp3) is 0.639. The molecule has 0 aliphatic heterocycles. The SMILES string of the molecule is CC/C=C\C/C=C\C/C=C\C/C=C\C/C=C\C/C=C\CCCCCCCCCCCCCCCCCCC(=O)OCC(O)COP(=O)(O)OCC(O)COP(=O)(O)OCC(COC(=O)CCCCCCCCCC/C=C\C/C=C\C/C=C\C/C=C\C/C=C\C/C=C\CC)OC(=O)CCCCCC/C=C\C/C=C\C/C=C\C/C=C\CC. The third-order valence-electron chi connectivity index (χ3n) is 18.3. The molecule has 654 valence electrons. The second-order valence-electron chi connectivity index (χ2n) is 29.3. The van der Waals surface area contributed by atoms with E-state index in [1.54, 1.807) is 0 Å². The van der Waals surface area contributed by atoms with Gasteiger partial charge in [0, 0.05) is 19.3 Å². The van der Waals surface area contributed by atoms with Crippen LogP contribution in [0, 0.1) is 0 Å². The number of ether oxygens (including phenoxy) is 3. The van der Waals surface area contributed by atoms with Crippen molar-refractivity contribution in [1.82, 2.24) is 0 Å². The number of carbonyl (C=O) groups is 3. The average molecular weight is 1640 g/mol. The van der Waals surface area contributed by atoms with Crippen LogP contribution in [0.5, 0.6) is 0 Å². The van der Waals surface area contributed by atoms with Crippen molar-refractivity contribution in [2.75, 3.05) is 39.6 Å². The Morgan fingerprint density at radius 2 is 0.435 bits per heavy atom. The Balaban J connectivity index is 4.52. The zero-order valence-electron chi connectivity index (χ0n) is 71.9. The summed E-state index contributed by atoms with van der Waals surface area (Å²) in [5, 5.41) is 20.7. The molecule has 115 heavy (non-hydrogen) atoms. The van der Waals surface area contributed by atoms with Crippen molar-refractivity contribution in [2.45, 2.75) is 360 Å². The van der Waals surface area contributed by atoms with Crippen molar-refractivity contribution in [3.8, 4) is 0 Å². The zero-order chi connectivity index (χ0) is 83.6. The van der Waals surface area contributed by atoms with Gasteiger partial charge in [-0.2, -0.15) is 0 Å². The number of allylic oxidation sites excluding steroid dienone is 32. The quantitative estimate of drug-likeness (QED) is 0.0146. The monoisotopic (exact) mass is 1640 g/mol. The summed E-state index contributed by atoms with van der Waals surface area (Å²) in [5.41, 5.74) is 0. The van der Waals surface area contributed by atoms with Crippen LogP contribution in [0.3, 0.4) is 0 Å². The molecule has 0 amide bonds. The largest absolute Gasteiger partial charge is 0.472 e. The first kappa shape index (κ1) is 109. The molecule has 5 atom stereocenters. The molecule has 0 rings (SSSR count). The van der Waals surface area contributed by atoms with Gasteiger partial charge in [-0.15, -0.1) is 0 Å². The predicted octanol–water partition coefficient (Wildman–Crippen LogP) is 27.4. The van der Waals surface area contributed by atoms with Crippen LogP contribution in [0.15, 0.2) is 194 Å². The Labute approximate surface area is 699 Å². The van der Waals surface area contributed by atoms with E-state index in [4.69, 9.17) is 32.3 Å². The number of aliphatic hydroxyl groups is 2. The van der Waals surface area contributed by atoms with E-state index in [1.165, 1.54) is 89.9 Å². The zero-order valence-corrected chi connectivity index (χ0v) is 73.7. The summed E-state index contributed by atoms with van der Waals surface area (Å²) in [6.07, 6.45) is 116. The minimum atomic E-state index is -4.95. The highest BCUT2D eigenvalue weighted by atomic mass is 31.2. The van der Waals surface area contributed by atoms with Crippen molar-refractivity contribution in [1.29, 1.82) is 0 Å². The summed E-state index contributed by atoms with van der Waals surface area (Å²) < 4.78 is 61.3. The lowest BCUT2D eigenvalue weighted by Crippen LogP contribution is -2.30. The van der Waals surface area contributed by atoms with Crippen LogP contribution in [-0.4, -0.2) is 95.9 Å². The molecule has 0 aromatic rings. The van der Waals surface area contributed by atoms with E-state index in [1.807, 2.05) is 0 Å². The van der Waals surface area contributed by atoms with E-state index in [0.29, 0.717) is 19.3 Å². The summed E-state index contributed by atoms with van der Waals surface area (Å²) in [6.45, 7) is 2.31. The summed E-state index contributed by atoms with van der Waals surface area (Å²) in [4.78, 5) is 58.9. The highest BCUT2D eigenvalue weighted by molar-refractivity contribution is 7.47. The molecule has 18 heteroatoms. The molecule has 0 fully saturated rings. The normalized spacial score (nSPS) is 14.7. The first-order valence-electron chi connectivity index (χ1n) is 44.7. The molecule has 0 spiro atoms. The van der Waals surface area contributed by atoms with Crippen molar-refractivity contribution in [2.24, 2.45) is 0 Å². The lowest BCUT2D eigenvalue weighted by Gasteiger charge is -2.21. The second-order valence-corrected chi connectivity index (χ2v) is 32.2. The minimum absolute atomic E-state index is 0.0685. The highest BCUT2D eigenvalue weighted by Crippen LogP contribution is 2.45. The maximum atomic E-state index is 13.0. The van der Waals surface area contributed by atoms with Crippen LogP contribution < -0.4 is 0 Å². The van der Waals surface area contributed by atoms with Gasteiger partial charge < -0.3 is 34.2 Å².